The molecule has 0 atom stereocenters. The molecule has 1 amide bonds. The highest BCUT2D eigenvalue weighted by Crippen LogP contribution is 2.36. The van der Waals surface area contributed by atoms with Crippen molar-refractivity contribution >= 4 is 11.9 Å². The van der Waals surface area contributed by atoms with Crippen molar-refractivity contribution in [3.8, 4) is 0 Å². The first kappa shape index (κ1) is 16.3. The van der Waals surface area contributed by atoms with Gasteiger partial charge in [0.25, 0.3) is 0 Å². The lowest BCUT2D eigenvalue weighted by atomic mass is 9.73. The molecule has 4 N–H and O–H groups in total. The molecule has 0 aromatic heterocycles. The van der Waals surface area contributed by atoms with E-state index in [1.807, 2.05) is 0 Å². The second-order valence-corrected chi connectivity index (χ2v) is 6.81. The Morgan fingerprint density at radius 3 is 2.24 bits per heavy atom. The van der Waals surface area contributed by atoms with E-state index in [0.717, 1.165) is 51.4 Å². The average molecular weight is 296 g/mol. The highest BCUT2D eigenvalue weighted by atomic mass is 16.4. The zero-order chi connectivity index (χ0) is 15.3. The molecule has 0 unspecified atom stereocenters. The number of nitrogens with two attached hydrogens (primary N) is 1. The van der Waals surface area contributed by atoms with Crippen LogP contribution in [0.15, 0.2) is 0 Å². The van der Waals surface area contributed by atoms with E-state index in [0.29, 0.717) is 19.0 Å². The summed E-state index contributed by atoms with van der Waals surface area (Å²) in [6.45, 7) is 1.11. The van der Waals surface area contributed by atoms with Crippen molar-refractivity contribution in [3.63, 3.8) is 0 Å². The van der Waals surface area contributed by atoms with Gasteiger partial charge in [0.1, 0.15) is 0 Å². The van der Waals surface area contributed by atoms with Crippen LogP contribution in [-0.4, -0.2) is 30.1 Å². The van der Waals surface area contributed by atoms with E-state index in [1.165, 1.54) is 6.42 Å². The van der Waals surface area contributed by atoms with Crippen molar-refractivity contribution in [3.05, 3.63) is 0 Å². The van der Waals surface area contributed by atoms with Gasteiger partial charge in [0.2, 0.25) is 5.91 Å². The lowest BCUT2D eigenvalue weighted by Crippen LogP contribution is -2.48. The van der Waals surface area contributed by atoms with Gasteiger partial charge < -0.3 is 16.2 Å². The van der Waals surface area contributed by atoms with Gasteiger partial charge in [-0.2, -0.15) is 0 Å². The van der Waals surface area contributed by atoms with Crippen molar-refractivity contribution in [2.75, 3.05) is 13.1 Å². The lowest BCUT2D eigenvalue weighted by Gasteiger charge is -2.35. The SMILES string of the molecule is NCC1(C(=O)NCC2CCC(C(=O)O)CC2)CCCCC1. The predicted molar refractivity (Wildman–Crippen MR) is 80.7 cm³/mol. The van der Waals surface area contributed by atoms with Gasteiger partial charge in [0, 0.05) is 13.1 Å². The van der Waals surface area contributed by atoms with Crippen LogP contribution in [0.5, 0.6) is 0 Å². The third kappa shape index (κ3) is 3.96. The first-order valence-corrected chi connectivity index (χ1v) is 8.28. The molecule has 2 aliphatic rings. The van der Waals surface area contributed by atoms with E-state index < -0.39 is 5.97 Å². The van der Waals surface area contributed by atoms with Crippen molar-refractivity contribution in [2.45, 2.75) is 57.8 Å². The Morgan fingerprint density at radius 1 is 1.10 bits per heavy atom. The molecule has 2 aliphatic carbocycles. The Hall–Kier alpha value is -1.10. The molecule has 2 fully saturated rings. The summed E-state index contributed by atoms with van der Waals surface area (Å²) in [6.07, 6.45) is 8.45. The maximum Gasteiger partial charge on any atom is 0.306 e. The smallest absolute Gasteiger partial charge is 0.306 e. The summed E-state index contributed by atoms with van der Waals surface area (Å²) in [5.41, 5.74) is 5.52. The normalized spacial score (nSPS) is 28.8. The number of carboxylic acids is 1. The van der Waals surface area contributed by atoms with Crippen LogP contribution in [0.2, 0.25) is 0 Å². The standard InChI is InChI=1S/C16H28N2O3/c17-11-16(8-2-1-3-9-16)15(21)18-10-12-4-6-13(7-5-12)14(19)20/h12-13H,1-11,17H2,(H,18,21)(H,19,20). The Kier molecular flexibility index (Phi) is 5.62. The summed E-state index contributed by atoms with van der Waals surface area (Å²) in [5.74, 6) is -0.333. The topological polar surface area (TPSA) is 92.4 Å². The van der Waals surface area contributed by atoms with Gasteiger partial charge in [-0.15, -0.1) is 0 Å². The van der Waals surface area contributed by atoms with E-state index in [4.69, 9.17) is 10.8 Å². The summed E-state index contributed by atoms with van der Waals surface area (Å²) in [7, 11) is 0. The maximum atomic E-state index is 12.5. The lowest BCUT2D eigenvalue weighted by molar-refractivity contribution is -0.143. The van der Waals surface area contributed by atoms with Crippen molar-refractivity contribution in [1.29, 1.82) is 0 Å². The minimum Gasteiger partial charge on any atom is -0.481 e. The number of hydrogen-bond acceptors (Lipinski definition) is 3. The number of hydrogen-bond donors (Lipinski definition) is 3. The van der Waals surface area contributed by atoms with E-state index >= 15 is 0 Å². The van der Waals surface area contributed by atoms with Crippen LogP contribution in [0, 0.1) is 17.3 Å². The Labute approximate surface area is 126 Å². The van der Waals surface area contributed by atoms with Gasteiger partial charge in [-0.3, -0.25) is 9.59 Å². The second kappa shape index (κ2) is 7.25. The van der Waals surface area contributed by atoms with Crippen molar-refractivity contribution in [1.82, 2.24) is 5.32 Å². The number of amides is 1. The predicted octanol–water partition coefficient (Wildman–Crippen LogP) is 1.90. The molecule has 21 heavy (non-hydrogen) atoms. The summed E-state index contributed by atoms with van der Waals surface area (Å²) in [4.78, 5) is 23.4. The van der Waals surface area contributed by atoms with Crippen LogP contribution in [0.1, 0.15) is 57.8 Å². The van der Waals surface area contributed by atoms with Crippen LogP contribution in [0.3, 0.4) is 0 Å². The van der Waals surface area contributed by atoms with E-state index in [9.17, 15) is 9.59 Å². The molecule has 2 rings (SSSR count). The molecule has 0 heterocycles. The first-order chi connectivity index (χ1) is 10.1. The van der Waals surface area contributed by atoms with Gasteiger partial charge in [-0.25, -0.2) is 0 Å². The molecular weight excluding hydrogens is 268 g/mol. The quantitative estimate of drug-likeness (QED) is 0.722. The fourth-order valence-electron chi connectivity index (χ4n) is 3.79. The highest BCUT2D eigenvalue weighted by molar-refractivity contribution is 5.83. The third-order valence-corrected chi connectivity index (χ3v) is 5.43. The number of carbonyl (C=O) groups excluding carboxylic acids is 1. The molecule has 0 spiro atoms. The highest BCUT2D eigenvalue weighted by Gasteiger charge is 2.38. The van der Waals surface area contributed by atoms with E-state index in [-0.39, 0.29) is 17.2 Å². The number of nitrogens with one attached hydrogen (secondary N) is 1. The summed E-state index contributed by atoms with van der Waals surface area (Å²) in [5, 5.41) is 12.1. The molecule has 5 heteroatoms. The monoisotopic (exact) mass is 296 g/mol. The second-order valence-electron chi connectivity index (χ2n) is 6.81. The van der Waals surface area contributed by atoms with Gasteiger partial charge in [0.05, 0.1) is 11.3 Å². The molecule has 0 aromatic rings. The fraction of sp³-hybridized carbons (Fsp3) is 0.875. The molecule has 0 bridgehead atoms. The minimum absolute atomic E-state index is 0.116. The zero-order valence-corrected chi connectivity index (χ0v) is 12.8. The molecule has 0 radical (unpaired) electrons. The molecule has 2 saturated carbocycles. The Bertz CT molecular complexity index is 370. The third-order valence-electron chi connectivity index (χ3n) is 5.43. The summed E-state index contributed by atoms with van der Waals surface area (Å²) in [6, 6.07) is 0. The van der Waals surface area contributed by atoms with Gasteiger partial charge in [-0.1, -0.05) is 19.3 Å². The zero-order valence-electron chi connectivity index (χ0n) is 12.8. The first-order valence-electron chi connectivity index (χ1n) is 8.28. The van der Waals surface area contributed by atoms with Crippen LogP contribution in [0.25, 0.3) is 0 Å². The molecule has 0 aliphatic heterocycles. The Balaban J connectivity index is 1.77. The van der Waals surface area contributed by atoms with Crippen molar-refractivity contribution < 1.29 is 14.7 Å². The summed E-state index contributed by atoms with van der Waals surface area (Å²) < 4.78 is 0. The number of aliphatic carboxylic acids is 1. The molecule has 5 nitrogen and oxygen atoms in total. The van der Waals surface area contributed by atoms with Gasteiger partial charge in [0.15, 0.2) is 0 Å². The number of carboxylic acid groups (broad SMARTS) is 1. The van der Waals surface area contributed by atoms with Crippen LogP contribution in [0.4, 0.5) is 0 Å². The number of rotatable bonds is 5. The minimum atomic E-state index is -0.679. The Morgan fingerprint density at radius 2 is 1.71 bits per heavy atom. The van der Waals surface area contributed by atoms with Crippen LogP contribution in [-0.2, 0) is 9.59 Å². The molecule has 0 saturated heterocycles. The van der Waals surface area contributed by atoms with E-state index in [1.54, 1.807) is 0 Å². The fourth-order valence-corrected chi connectivity index (χ4v) is 3.79. The van der Waals surface area contributed by atoms with Crippen LogP contribution < -0.4 is 11.1 Å². The van der Waals surface area contributed by atoms with Crippen LogP contribution >= 0.6 is 0 Å². The number of carbonyl (C=O) groups is 2. The van der Waals surface area contributed by atoms with Crippen molar-refractivity contribution in [2.24, 2.45) is 23.0 Å². The molecule has 120 valence electrons. The van der Waals surface area contributed by atoms with Gasteiger partial charge in [-0.05, 0) is 44.4 Å². The largest absolute Gasteiger partial charge is 0.481 e. The van der Waals surface area contributed by atoms with E-state index in [2.05, 4.69) is 5.32 Å². The average Bonchev–Trinajstić information content (AvgIpc) is 2.53. The van der Waals surface area contributed by atoms with Gasteiger partial charge >= 0.3 is 5.97 Å². The molecule has 0 aromatic carbocycles. The molecular formula is C16H28N2O3. The maximum absolute atomic E-state index is 12.5. The summed E-state index contributed by atoms with van der Waals surface area (Å²) >= 11 is 0.